The van der Waals surface area contributed by atoms with Gasteiger partial charge in [-0.3, -0.25) is 19.3 Å². The molecule has 6 rings (SSSR count). The number of allylic oxidation sites excluding steroid dienone is 1. The number of nitrogens with zero attached hydrogens (tertiary/aromatic N) is 3. The van der Waals surface area contributed by atoms with Crippen molar-refractivity contribution in [3.8, 4) is 0 Å². The summed E-state index contributed by atoms with van der Waals surface area (Å²) in [6.07, 6.45) is 4.95. The van der Waals surface area contributed by atoms with Gasteiger partial charge in [-0.05, 0) is 70.2 Å². The molecule has 0 radical (unpaired) electrons. The fourth-order valence-corrected chi connectivity index (χ4v) is 8.67. The Hall–Kier alpha value is -4.77. The smallest absolute Gasteiger partial charge is 0.410 e. The molecule has 1 aromatic carbocycles. The second kappa shape index (κ2) is 15.8. The number of ether oxygens (including phenoxy) is 2. The minimum atomic E-state index is -4.52. The number of nitrogens with one attached hydrogen (secondary N) is 3. The van der Waals surface area contributed by atoms with Crippen LogP contribution in [0.1, 0.15) is 76.8 Å². The summed E-state index contributed by atoms with van der Waals surface area (Å²) in [5, 5.41) is 5.04. The molecule has 3 aliphatic heterocycles. The minimum absolute atomic E-state index is 0.0261. The summed E-state index contributed by atoms with van der Waals surface area (Å²) < 4.78 is 54.3. The van der Waals surface area contributed by atoms with Gasteiger partial charge >= 0.3 is 12.2 Å². The molecule has 15 nitrogen and oxygen atoms in total. The lowest BCUT2D eigenvalue weighted by Crippen LogP contribution is -2.58. The first-order valence-electron chi connectivity index (χ1n) is 18.2. The number of hydrogen-bond acceptors (Lipinski definition) is 10. The number of rotatable bonds is 5. The lowest BCUT2D eigenvalue weighted by Gasteiger charge is -2.30. The number of sulfonamides is 1. The SMILES string of the molecule is CC(C)(C)OC(=O)N[C@H]1CCCCC/C=C\[C@H]2C[C@@]2(C(=O)NS(=O)(=O)c2cccnc2Cl)NC(=O)[C@@H]2C[C@@H](OC(=O)N3Cc4cccc(F)c4C3)CN2C1=O. The zero-order chi connectivity index (χ0) is 39.7. The Kier molecular flexibility index (Phi) is 11.4. The maximum atomic E-state index is 14.4. The molecule has 18 heteroatoms. The van der Waals surface area contributed by atoms with Gasteiger partial charge in [0.15, 0.2) is 0 Å². The Balaban J connectivity index is 1.27. The van der Waals surface area contributed by atoms with Gasteiger partial charge in [-0.1, -0.05) is 48.7 Å². The van der Waals surface area contributed by atoms with Gasteiger partial charge in [0.1, 0.15) is 45.2 Å². The molecule has 0 unspecified atom stereocenters. The normalized spacial score (nSPS) is 26.3. The summed E-state index contributed by atoms with van der Waals surface area (Å²) in [4.78, 5) is 74.7. The van der Waals surface area contributed by atoms with Gasteiger partial charge in [-0.25, -0.2) is 32.1 Å². The third-order valence-electron chi connectivity index (χ3n) is 10.0. The highest BCUT2D eigenvalue weighted by Crippen LogP contribution is 2.46. The van der Waals surface area contributed by atoms with Crippen LogP contribution in [-0.4, -0.2) is 89.0 Å². The number of pyridine rings is 1. The van der Waals surface area contributed by atoms with E-state index in [0.717, 1.165) is 0 Å². The Morgan fingerprint density at radius 3 is 2.60 bits per heavy atom. The molecule has 1 saturated heterocycles. The molecule has 1 aliphatic carbocycles. The highest BCUT2D eigenvalue weighted by Gasteiger charge is 2.62. The second-order valence-corrected chi connectivity index (χ2v) is 17.3. The number of alkyl carbamates (subject to hydrolysis) is 1. The summed E-state index contributed by atoms with van der Waals surface area (Å²) >= 11 is 6.03. The van der Waals surface area contributed by atoms with E-state index < -0.39 is 85.9 Å². The van der Waals surface area contributed by atoms with Crippen LogP contribution in [0.4, 0.5) is 14.0 Å². The van der Waals surface area contributed by atoms with E-state index in [4.69, 9.17) is 21.1 Å². The van der Waals surface area contributed by atoms with Crippen LogP contribution in [-0.2, 0) is 47.0 Å². The number of carbonyl (C=O) groups is 5. The molecule has 4 heterocycles. The molecule has 55 heavy (non-hydrogen) atoms. The van der Waals surface area contributed by atoms with Gasteiger partial charge in [0.05, 0.1) is 13.1 Å². The van der Waals surface area contributed by atoms with E-state index in [0.29, 0.717) is 36.8 Å². The van der Waals surface area contributed by atoms with Crippen molar-refractivity contribution in [1.82, 2.24) is 30.1 Å². The molecule has 4 aliphatic rings. The summed E-state index contributed by atoms with van der Waals surface area (Å²) in [7, 11) is -4.52. The number of fused-ring (bicyclic) bond motifs is 3. The Morgan fingerprint density at radius 2 is 1.87 bits per heavy atom. The van der Waals surface area contributed by atoms with Crippen LogP contribution in [0.25, 0.3) is 0 Å². The van der Waals surface area contributed by atoms with E-state index in [9.17, 15) is 36.8 Å². The summed E-state index contributed by atoms with van der Waals surface area (Å²) in [6, 6.07) is 4.68. The van der Waals surface area contributed by atoms with E-state index in [-0.39, 0.29) is 44.0 Å². The fourth-order valence-electron chi connectivity index (χ4n) is 7.18. The quantitative estimate of drug-likeness (QED) is 0.293. The van der Waals surface area contributed by atoms with Crippen molar-refractivity contribution in [2.75, 3.05) is 6.54 Å². The zero-order valence-electron chi connectivity index (χ0n) is 30.7. The van der Waals surface area contributed by atoms with Crippen molar-refractivity contribution < 1.29 is 46.3 Å². The maximum absolute atomic E-state index is 14.4. The monoisotopic (exact) mass is 802 g/mol. The lowest BCUT2D eigenvalue weighted by molar-refractivity contribution is -0.141. The highest BCUT2D eigenvalue weighted by molar-refractivity contribution is 7.90. The molecule has 1 saturated carbocycles. The maximum Gasteiger partial charge on any atom is 0.410 e. The van der Waals surface area contributed by atoms with E-state index >= 15 is 0 Å². The molecular weight excluding hydrogens is 759 g/mol. The molecule has 5 amide bonds. The minimum Gasteiger partial charge on any atom is -0.444 e. The van der Waals surface area contributed by atoms with E-state index in [1.807, 2.05) is 10.8 Å². The number of benzene rings is 1. The highest BCUT2D eigenvalue weighted by atomic mass is 35.5. The van der Waals surface area contributed by atoms with Crippen molar-refractivity contribution in [1.29, 1.82) is 0 Å². The van der Waals surface area contributed by atoms with Crippen LogP contribution in [0.2, 0.25) is 5.15 Å². The van der Waals surface area contributed by atoms with Gasteiger partial charge in [-0.15, -0.1) is 0 Å². The van der Waals surface area contributed by atoms with E-state index in [2.05, 4.69) is 15.6 Å². The number of hydrogen-bond donors (Lipinski definition) is 3. The fraction of sp³-hybridized carbons (Fsp3) is 0.514. The number of aromatic nitrogens is 1. The summed E-state index contributed by atoms with van der Waals surface area (Å²) in [5.41, 5.74) is -1.57. The van der Waals surface area contributed by atoms with Crippen molar-refractivity contribution in [3.05, 3.63) is 70.8 Å². The molecule has 0 spiro atoms. The van der Waals surface area contributed by atoms with E-state index in [1.54, 1.807) is 39.0 Å². The Bertz CT molecular complexity index is 2010. The predicted molar refractivity (Wildman–Crippen MR) is 195 cm³/mol. The molecule has 2 aromatic rings. The predicted octanol–water partition coefficient (Wildman–Crippen LogP) is 4.09. The van der Waals surface area contributed by atoms with Crippen molar-refractivity contribution in [2.45, 2.75) is 113 Å². The van der Waals surface area contributed by atoms with Gasteiger partial charge in [0.25, 0.3) is 15.9 Å². The summed E-state index contributed by atoms with van der Waals surface area (Å²) in [6.45, 7) is 4.88. The van der Waals surface area contributed by atoms with Crippen LogP contribution in [0, 0.1) is 11.7 Å². The van der Waals surface area contributed by atoms with Gasteiger partial charge < -0.3 is 25.0 Å². The molecule has 5 atom stereocenters. The number of carbonyl (C=O) groups excluding carboxylic acids is 5. The molecule has 2 fully saturated rings. The summed E-state index contributed by atoms with van der Waals surface area (Å²) in [5.74, 6) is -3.47. The van der Waals surface area contributed by atoms with Gasteiger partial charge in [0, 0.05) is 30.6 Å². The average Bonchev–Trinajstić information content (AvgIpc) is 3.40. The number of amides is 5. The second-order valence-electron chi connectivity index (χ2n) is 15.2. The average molecular weight is 803 g/mol. The first-order valence-corrected chi connectivity index (χ1v) is 20.0. The van der Waals surface area contributed by atoms with Crippen LogP contribution in [0.15, 0.2) is 53.6 Å². The first kappa shape index (κ1) is 39.9. The van der Waals surface area contributed by atoms with Crippen molar-refractivity contribution >= 4 is 51.5 Å². The first-order chi connectivity index (χ1) is 26.0. The van der Waals surface area contributed by atoms with Crippen LogP contribution in [0.5, 0.6) is 0 Å². The molecule has 3 N–H and O–H groups in total. The Labute approximate surface area is 323 Å². The third-order valence-corrected chi connectivity index (χ3v) is 11.8. The Morgan fingerprint density at radius 1 is 1.09 bits per heavy atom. The zero-order valence-corrected chi connectivity index (χ0v) is 32.3. The van der Waals surface area contributed by atoms with Crippen LogP contribution < -0.4 is 15.4 Å². The van der Waals surface area contributed by atoms with Gasteiger partial charge in [0.2, 0.25) is 11.8 Å². The third kappa shape index (κ3) is 9.04. The number of halogens is 2. The van der Waals surface area contributed by atoms with E-state index in [1.165, 1.54) is 34.2 Å². The van der Waals surface area contributed by atoms with Crippen LogP contribution in [0.3, 0.4) is 0 Å². The van der Waals surface area contributed by atoms with Gasteiger partial charge in [-0.2, -0.15) is 0 Å². The van der Waals surface area contributed by atoms with Crippen LogP contribution >= 0.6 is 11.6 Å². The van der Waals surface area contributed by atoms with Crippen molar-refractivity contribution in [2.24, 2.45) is 5.92 Å². The lowest BCUT2D eigenvalue weighted by atomic mass is 10.0. The van der Waals surface area contributed by atoms with Crippen molar-refractivity contribution in [3.63, 3.8) is 0 Å². The molecular formula is C37H44ClFN6O9S. The molecule has 296 valence electrons. The standard InChI is InChI=1S/C37H44ClFN6O9S/c1-36(2,3)54-34(49)41-27-14-8-6-4-5-7-12-23-18-37(23,33(48)43-55(51,52)29-15-10-16-40-30(29)38)42-31(46)28-17-24(20-45(28)32(27)47)53-35(50)44-19-22-11-9-13-26(39)25(22)21-44/h7,9-13,15-16,23-24,27-28H,4-6,8,14,17-21H2,1-3H3,(H,41,49)(H,42,46)(H,43,48)/b12-7-/t23-,24+,27-,28-,37+/m0/s1. The largest absolute Gasteiger partial charge is 0.444 e. The molecule has 1 aromatic heterocycles. The topological polar surface area (TPSA) is 193 Å². The molecule has 0 bridgehead atoms.